The fourth-order valence-electron chi connectivity index (χ4n) is 4.31. The van der Waals surface area contributed by atoms with E-state index in [1.54, 1.807) is 0 Å². The number of piperazine rings is 1. The van der Waals surface area contributed by atoms with Crippen LogP contribution < -0.4 is 16.0 Å². The van der Waals surface area contributed by atoms with Crippen molar-refractivity contribution in [2.45, 2.75) is 13.1 Å². The normalized spacial score (nSPS) is 14.1. The van der Waals surface area contributed by atoms with Gasteiger partial charge in [0.25, 0.3) is 0 Å². The van der Waals surface area contributed by atoms with Gasteiger partial charge in [-0.3, -0.25) is 14.2 Å². The first-order chi connectivity index (χ1) is 17.2. The molecular weight excluding hydrogens is 442 g/mol. The zero-order valence-corrected chi connectivity index (χ0v) is 19.3. The fraction of sp³-hybridized carbons (Fsp3) is 0.222. The molecule has 1 aromatic heterocycles. The van der Waals surface area contributed by atoms with E-state index in [-0.39, 0.29) is 12.5 Å². The van der Waals surface area contributed by atoms with Crippen LogP contribution in [0.2, 0.25) is 0 Å². The van der Waals surface area contributed by atoms with E-state index in [1.165, 1.54) is 10.1 Å². The predicted molar refractivity (Wildman–Crippen MR) is 135 cm³/mol. The van der Waals surface area contributed by atoms with Gasteiger partial charge >= 0.3 is 5.76 Å². The Hall–Kier alpha value is -4.17. The monoisotopic (exact) mass is 469 g/mol. The first-order valence-corrected chi connectivity index (χ1v) is 11.7. The van der Waals surface area contributed by atoms with Crippen LogP contribution in [0.4, 0.5) is 11.4 Å². The van der Waals surface area contributed by atoms with Gasteiger partial charge in [-0.25, -0.2) is 9.36 Å². The van der Waals surface area contributed by atoms with E-state index >= 15 is 0 Å². The lowest BCUT2D eigenvalue weighted by Crippen LogP contribution is -2.45. The third-order valence-electron chi connectivity index (χ3n) is 6.16. The van der Waals surface area contributed by atoms with E-state index in [0.717, 1.165) is 38.4 Å². The number of nitrogens with one attached hydrogen (secondary N) is 1. The van der Waals surface area contributed by atoms with Crippen molar-refractivity contribution in [1.82, 2.24) is 14.6 Å². The van der Waals surface area contributed by atoms with Gasteiger partial charge in [-0.2, -0.15) is 0 Å². The van der Waals surface area contributed by atoms with Crippen LogP contribution in [0.15, 0.2) is 94.2 Å². The lowest BCUT2D eigenvalue weighted by molar-refractivity contribution is -0.116. The smallest absolute Gasteiger partial charge is 0.369 e. The van der Waals surface area contributed by atoms with Gasteiger partial charge in [0.2, 0.25) is 5.91 Å². The molecule has 5 rings (SSSR count). The molecule has 178 valence electrons. The summed E-state index contributed by atoms with van der Waals surface area (Å²) in [5, 5.41) is 6.68. The van der Waals surface area contributed by atoms with Crippen molar-refractivity contribution in [2.24, 2.45) is 0 Å². The van der Waals surface area contributed by atoms with Gasteiger partial charge in [0.05, 0.1) is 0 Å². The summed E-state index contributed by atoms with van der Waals surface area (Å²) in [6, 6.07) is 27.5. The molecule has 0 bridgehead atoms. The maximum Gasteiger partial charge on any atom is 0.442 e. The van der Waals surface area contributed by atoms with Gasteiger partial charge < -0.3 is 10.2 Å². The van der Waals surface area contributed by atoms with Crippen LogP contribution in [-0.4, -0.2) is 46.7 Å². The summed E-state index contributed by atoms with van der Waals surface area (Å²) in [5.74, 6) is -0.664. The van der Waals surface area contributed by atoms with Gasteiger partial charge in [-0.05, 0) is 29.8 Å². The number of rotatable bonds is 7. The number of amides is 1. The first kappa shape index (κ1) is 22.6. The first-order valence-electron chi connectivity index (χ1n) is 11.7. The number of carbonyl (C=O) groups excluding carboxylic acids is 1. The Kier molecular flexibility index (Phi) is 6.72. The molecule has 0 saturated carbocycles. The van der Waals surface area contributed by atoms with E-state index in [2.05, 4.69) is 44.5 Å². The molecule has 8 nitrogen and oxygen atoms in total. The van der Waals surface area contributed by atoms with Gasteiger partial charge in [0.1, 0.15) is 6.54 Å². The van der Waals surface area contributed by atoms with Crippen molar-refractivity contribution < 1.29 is 9.32 Å². The highest BCUT2D eigenvalue weighted by Gasteiger charge is 2.18. The Labute approximate surface area is 203 Å². The summed E-state index contributed by atoms with van der Waals surface area (Å²) < 4.78 is 6.02. The van der Waals surface area contributed by atoms with Gasteiger partial charge in [0, 0.05) is 49.7 Å². The molecule has 0 unspecified atom stereocenters. The Morgan fingerprint density at radius 2 is 1.51 bits per heavy atom. The molecule has 35 heavy (non-hydrogen) atoms. The zero-order chi connectivity index (χ0) is 24.0. The molecule has 0 spiro atoms. The van der Waals surface area contributed by atoms with Crippen LogP contribution in [0.3, 0.4) is 0 Å². The standard InChI is InChI=1S/C27H27N5O3/c33-25(20-32-26(29-35-27(32)34)22-9-5-2-6-10-22)28-23-11-13-24(14-12-23)31-17-15-30(16-18-31)19-21-7-3-1-4-8-21/h1-14H,15-20H2,(H,28,33). The average molecular weight is 470 g/mol. The van der Waals surface area contributed by atoms with Crippen LogP contribution in [0.5, 0.6) is 0 Å². The quantitative estimate of drug-likeness (QED) is 0.446. The summed E-state index contributed by atoms with van der Waals surface area (Å²) in [6.07, 6.45) is 0. The largest absolute Gasteiger partial charge is 0.442 e. The van der Waals surface area contributed by atoms with E-state index in [4.69, 9.17) is 4.52 Å². The molecule has 8 heteroatoms. The van der Waals surface area contributed by atoms with Crippen molar-refractivity contribution >= 4 is 17.3 Å². The van der Waals surface area contributed by atoms with Crippen molar-refractivity contribution in [3.63, 3.8) is 0 Å². The van der Waals surface area contributed by atoms with Crippen LogP contribution in [0.25, 0.3) is 11.4 Å². The third kappa shape index (κ3) is 5.50. The highest BCUT2D eigenvalue weighted by molar-refractivity contribution is 5.91. The van der Waals surface area contributed by atoms with Crippen LogP contribution in [0, 0.1) is 0 Å². The van der Waals surface area contributed by atoms with Crippen LogP contribution >= 0.6 is 0 Å². The predicted octanol–water partition coefficient (Wildman–Crippen LogP) is 3.46. The number of aromatic nitrogens is 2. The number of hydrogen-bond acceptors (Lipinski definition) is 6. The second kappa shape index (κ2) is 10.4. The topological polar surface area (TPSA) is 83.6 Å². The molecule has 1 amide bonds. The number of hydrogen-bond donors (Lipinski definition) is 1. The molecule has 1 aliphatic rings. The lowest BCUT2D eigenvalue weighted by Gasteiger charge is -2.36. The molecule has 1 N–H and O–H groups in total. The second-order valence-electron chi connectivity index (χ2n) is 8.57. The molecule has 1 saturated heterocycles. The number of carbonyl (C=O) groups is 1. The minimum atomic E-state index is -0.666. The Morgan fingerprint density at radius 1 is 0.857 bits per heavy atom. The van der Waals surface area contributed by atoms with Crippen molar-refractivity contribution in [2.75, 3.05) is 36.4 Å². The lowest BCUT2D eigenvalue weighted by atomic mass is 10.2. The number of nitrogens with zero attached hydrogens (tertiary/aromatic N) is 4. The van der Waals surface area contributed by atoms with E-state index in [0.29, 0.717) is 17.1 Å². The molecular formula is C27H27N5O3. The van der Waals surface area contributed by atoms with E-state index < -0.39 is 5.76 Å². The molecule has 0 atom stereocenters. The highest BCUT2D eigenvalue weighted by Crippen LogP contribution is 2.21. The SMILES string of the molecule is O=C(Cn1c(-c2ccccc2)noc1=O)Nc1ccc(N2CCN(Cc3ccccc3)CC2)cc1. The molecule has 4 aromatic rings. The van der Waals surface area contributed by atoms with E-state index in [9.17, 15) is 9.59 Å². The number of anilines is 2. The van der Waals surface area contributed by atoms with Gasteiger partial charge in [-0.1, -0.05) is 65.8 Å². The summed E-state index contributed by atoms with van der Waals surface area (Å²) in [6.45, 7) is 4.71. The molecule has 0 aliphatic carbocycles. The summed E-state index contributed by atoms with van der Waals surface area (Å²) in [5.41, 5.74) is 3.85. The summed E-state index contributed by atoms with van der Waals surface area (Å²) in [7, 11) is 0. The second-order valence-corrected chi connectivity index (χ2v) is 8.57. The Morgan fingerprint density at radius 3 is 2.20 bits per heavy atom. The maximum atomic E-state index is 12.6. The van der Waals surface area contributed by atoms with Crippen LogP contribution in [0.1, 0.15) is 5.56 Å². The van der Waals surface area contributed by atoms with Crippen LogP contribution in [-0.2, 0) is 17.9 Å². The Balaban J connectivity index is 1.16. The third-order valence-corrected chi connectivity index (χ3v) is 6.16. The Bertz CT molecular complexity index is 1310. The maximum absolute atomic E-state index is 12.6. The molecule has 1 fully saturated rings. The fourth-order valence-corrected chi connectivity index (χ4v) is 4.31. The van der Waals surface area contributed by atoms with Crippen molar-refractivity contribution in [1.29, 1.82) is 0 Å². The average Bonchev–Trinajstić information content (AvgIpc) is 3.26. The van der Waals surface area contributed by atoms with E-state index in [1.807, 2.05) is 60.7 Å². The summed E-state index contributed by atoms with van der Waals surface area (Å²) in [4.78, 5) is 29.5. The highest BCUT2D eigenvalue weighted by atomic mass is 16.5. The van der Waals surface area contributed by atoms with Gasteiger partial charge in [0.15, 0.2) is 5.82 Å². The molecule has 2 heterocycles. The zero-order valence-electron chi connectivity index (χ0n) is 19.3. The van der Waals surface area contributed by atoms with Gasteiger partial charge in [-0.15, -0.1) is 0 Å². The summed E-state index contributed by atoms with van der Waals surface area (Å²) >= 11 is 0. The molecule has 3 aromatic carbocycles. The minimum Gasteiger partial charge on any atom is -0.369 e. The minimum absolute atomic E-state index is 0.183. The number of benzene rings is 3. The van der Waals surface area contributed by atoms with Crippen molar-refractivity contribution in [3.8, 4) is 11.4 Å². The molecule has 0 radical (unpaired) electrons. The van der Waals surface area contributed by atoms with Crippen molar-refractivity contribution in [3.05, 3.63) is 101 Å². The molecule has 1 aliphatic heterocycles.